The Labute approximate surface area is 120 Å². The van der Waals surface area contributed by atoms with Crippen LogP contribution >= 0.6 is 11.3 Å². The smallest absolute Gasteiger partial charge is 0.265 e. The molecule has 100 valence electrons. The number of nitrogens with one attached hydrogen (secondary N) is 2. The monoisotopic (exact) mass is 283 g/mol. The number of hydrogen-bond acceptors (Lipinski definition) is 3. The van der Waals surface area contributed by atoms with E-state index in [9.17, 15) is 4.79 Å². The molecule has 2 N–H and O–H groups in total. The summed E-state index contributed by atoms with van der Waals surface area (Å²) in [5.41, 5.74) is 3.65. The van der Waals surface area contributed by atoms with Gasteiger partial charge in [0.05, 0.1) is 16.9 Å². The Bertz CT molecular complexity index is 731. The summed E-state index contributed by atoms with van der Waals surface area (Å²) in [6.45, 7) is 1.97. The van der Waals surface area contributed by atoms with E-state index in [1.807, 2.05) is 48.7 Å². The number of carbonyl (C=O) groups excluding carboxylic acids is 1. The molecule has 0 spiro atoms. The fraction of sp³-hybridized carbons (Fsp3) is 0.0667. The van der Waals surface area contributed by atoms with Crippen LogP contribution in [0.25, 0.3) is 11.3 Å². The minimum absolute atomic E-state index is 0.0871. The number of aromatic nitrogens is 2. The van der Waals surface area contributed by atoms with Crippen LogP contribution in [0.15, 0.2) is 48.1 Å². The minimum Gasteiger partial charge on any atom is -0.348 e. The molecule has 3 rings (SSSR count). The molecule has 0 bridgehead atoms. The standard InChI is InChI=1S/C15H13N3OS/c1-10-14(17-9-16-10)11-4-2-5-12(8-11)18-15(19)13-6-3-7-20-13/h2-9H,1H3,(H,16,17)(H,18,19). The summed E-state index contributed by atoms with van der Waals surface area (Å²) in [5.74, 6) is -0.0871. The van der Waals surface area contributed by atoms with E-state index in [0.717, 1.165) is 22.6 Å². The van der Waals surface area contributed by atoms with Crippen LogP contribution in [0, 0.1) is 6.92 Å². The zero-order valence-corrected chi connectivity index (χ0v) is 11.7. The van der Waals surface area contributed by atoms with Gasteiger partial charge in [0, 0.05) is 16.9 Å². The molecule has 0 radical (unpaired) electrons. The lowest BCUT2D eigenvalue weighted by Gasteiger charge is -2.06. The second-order valence-corrected chi connectivity index (χ2v) is 5.34. The average molecular weight is 283 g/mol. The Morgan fingerprint density at radius 2 is 2.20 bits per heavy atom. The number of carbonyl (C=O) groups is 1. The first kappa shape index (κ1) is 12.6. The van der Waals surface area contributed by atoms with Crippen molar-refractivity contribution in [2.75, 3.05) is 5.32 Å². The number of imidazole rings is 1. The number of amides is 1. The van der Waals surface area contributed by atoms with Crippen LogP contribution < -0.4 is 5.32 Å². The number of H-pyrrole nitrogens is 1. The van der Waals surface area contributed by atoms with Crippen molar-refractivity contribution in [2.24, 2.45) is 0 Å². The quantitative estimate of drug-likeness (QED) is 0.770. The largest absolute Gasteiger partial charge is 0.348 e. The van der Waals surface area contributed by atoms with Crippen molar-refractivity contribution in [3.05, 3.63) is 58.7 Å². The number of nitrogens with zero attached hydrogens (tertiary/aromatic N) is 1. The number of thiophene rings is 1. The molecule has 0 fully saturated rings. The first-order valence-corrected chi connectivity index (χ1v) is 7.07. The van der Waals surface area contributed by atoms with Crippen LogP contribution in [0.5, 0.6) is 0 Å². The molecular weight excluding hydrogens is 270 g/mol. The Balaban J connectivity index is 1.85. The molecule has 0 unspecified atom stereocenters. The Morgan fingerprint density at radius 3 is 2.90 bits per heavy atom. The lowest BCUT2D eigenvalue weighted by atomic mass is 10.1. The molecule has 2 aromatic heterocycles. The van der Waals surface area contributed by atoms with E-state index in [2.05, 4.69) is 15.3 Å². The summed E-state index contributed by atoms with van der Waals surface area (Å²) in [6.07, 6.45) is 1.67. The predicted octanol–water partition coefficient (Wildman–Crippen LogP) is 3.70. The molecule has 0 atom stereocenters. The van der Waals surface area contributed by atoms with Gasteiger partial charge >= 0.3 is 0 Å². The molecule has 2 heterocycles. The molecule has 0 aliphatic carbocycles. The van der Waals surface area contributed by atoms with Crippen LogP contribution in [0.4, 0.5) is 5.69 Å². The van der Waals surface area contributed by atoms with Crippen LogP contribution in [0.3, 0.4) is 0 Å². The number of benzene rings is 1. The van der Waals surface area contributed by atoms with Gasteiger partial charge in [0.1, 0.15) is 0 Å². The van der Waals surface area contributed by atoms with Crippen LogP contribution in [-0.4, -0.2) is 15.9 Å². The maximum absolute atomic E-state index is 12.0. The van der Waals surface area contributed by atoms with E-state index < -0.39 is 0 Å². The first-order valence-electron chi connectivity index (χ1n) is 6.19. The molecule has 0 aliphatic rings. The van der Waals surface area contributed by atoms with Crippen molar-refractivity contribution in [1.29, 1.82) is 0 Å². The van der Waals surface area contributed by atoms with Crippen molar-refractivity contribution in [1.82, 2.24) is 9.97 Å². The van der Waals surface area contributed by atoms with Gasteiger partial charge in [-0.05, 0) is 30.5 Å². The van der Waals surface area contributed by atoms with Gasteiger partial charge in [0.15, 0.2) is 0 Å². The van der Waals surface area contributed by atoms with Crippen LogP contribution in [-0.2, 0) is 0 Å². The van der Waals surface area contributed by atoms with Gasteiger partial charge < -0.3 is 10.3 Å². The van der Waals surface area contributed by atoms with Crippen LogP contribution in [0.1, 0.15) is 15.4 Å². The van der Waals surface area contributed by atoms with E-state index >= 15 is 0 Å². The maximum Gasteiger partial charge on any atom is 0.265 e. The third-order valence-corrected chi connectivity index (χ3v) is 3.84. The number of aryl methyl sites for hydroxylation is 1. The average Bonchev–Trinajstić information content (AvgIpc) is 3.10. The van der Waals surface area contributed by atoms with Gasteiger partial charge in [0.2, 0.25) is 0 Å². The number of rotatable bonds is 3. The number of anilines is 1. The normalized spacial score (nSPS) is 10.4. The highest BCUT2D eigenvalue weighted by molar-refractivity contribution is 7.12. The van der Waals surface area contributed by atoms with E-state index in [4.69, 9.17) is 0 Å². The Kier molecular flexibility index (Phi) is 3.35. The summed E-state index contributed by atoms with van der Waals surface area (Å²) < 4.78 is 0. The molecule has 0 saturated carbocycles. The number of aromatic amines is 1. The Morgan fingerprint density at radius 1 is 1.30 bits per heavy atom. The van der Waals surface area contributed by atoms with E-state index in [-0.39, 0.29) is 5.91 Å². The van der Waals surface area contributed by atoms with Gasteiger partial charge in [-0.15, -0.1) is 11.3 Å². The zero-order chi connectivity index (χ0) is 13.9. The topological polar surface area (TPSA) is 57.8 Å². The van der Waals surface area contributed by atoms with E-state index in [1.54, 1.807) is 6.33 Å². The number of hydrogen-bond donors (Lipinski definition) is 2. The summed E-state index contributed by atoms with van der Waals surface area (Å²) in [5, 5.41) is 4.79. The summed E-state index contributed by atoms with van der Waals surface area (Å²) >= 11 is 1.43. The van der Waals surface area contributed by atoms with E-state index in [0.29, 0.717) is 4.88 Å². The molecule has 1 amide bonds. The van der Waals surface area contributed by atoms with Crippen molar-refractivity contribution in [3.8, 4) is 11.3 Å². The highest BCUT2D eigenvalue weighted by Crippen LogP contribution is 2.23. The van der Waals surface area contributed by atoms with Gasteiger partial charge in [-0.1, -0.05) is 18.2 Å². The van der Waals surface area contributed by atoms with Crippen molar-refractivity contribution in [3.63, 3.8) is 0 Å². The molecule has 1 aromatic carbocycles. The second-order valence-electron chi connectivity index (χ2n) is 4.39. The third-order valence-electron chi connectivity index (χ3n) is 2.97. The molecule has 20 heavy (non-hydrogen) atoms. The molecular formula is C15H13N3OS. The summed E-state index contributed by atoms with van der Waals surface area (Å²) in [7, 11) is 0. The van der Waals surface area contributed by atoms with Crippen molar-refractivity contribution in [2.45, 2.75) is 6.92 Å². The van der Waals surface area contributed by atoms with Gasteiger partial charge in [-0.3, -0.25) is 4.79 Å². The lowest BCUT2D eigenvalue weighted by molar-refractivity contribution is 0.103. The second kappa shape index (κ2) is 5.30. The molecule has 4 nitrogen and oxygen atoms in total. The van der Waals surface area contributed by atoms with Crippen molar-refractivity contribution >= 4 is 22.9 Å². The third kappa shape index (κ3) is 2.48. The first-order chi connectivity index (χ1) is 9.74. The highest BCUT2D eigenvalue weighted by Gasteiger charge is 2.09. The zero-order valence-electron chi connectivity index (χ0n) is 10.9. The minimum atomic E-state index is -0.0871. The fourth-order valence-corrected chi connectivity index (χ4v) is 2.61. The molecule has 0 saturated heterocycles. The molecule has 0 aliphatic heterocycles. The summed E-state index contributed by atoms with van der Waals surface area (Å²) in [4.78, 5) is 20.1. The highest BCUT2D eigenvalue weighted by atomic mass is 32.1. The van der Waals surface area contributed by atoms with Crippen LogP contribution in [0.2, 0.25) is 0 Å². The SMILES string of the molecule is Cc1[nH]cnc1-c1cccc(NC(=O)c2cccs2)c1. The van der Waals surface area contributed by atoms with Gasteiger partial charge in [0.25, 0.3) is 5.91 Å². The maximum atomic E-state index is 12.0. The predicted molar refractivity (Wildman–Crippen MR) is 81.0 cm³/mol. The summed E-state index contributed by atoms with van der Waals surface area (Å²) in [6, 6.07) is 11.4. The lowest BCUT2D eigenvalue weighted by Crippen LogP contribution is -2.09. The molecule has 5 heteroatoms. The van der Waals surface area contributed by atoms with Gasteiger partial charge in [-0.25, -0.2) is 4.98 Å². The van der Waals surface area contributed by atoms with Gasteiger partial charge in [-0.2, -0.15) is 0 Å². The fourth-order valence-electron chi connectivity index (χ4n) is 1.99. The molecule has 3 aromatic rings. The van der Waals surface area contributed by atoms with Crippen molar-refractivity contribution < 1.29 is 4.79 Å². The Hall–Kier alpha value is -2.40. The van der Waals surface area contributed by atoms with E-state index in [1.165, 1.54) is 11.3 Å².